The largest absolute Gasteiger partial charge is 0.472 e. The highest BCUT2D eigenvalue weighted by Crippen LogP contribution is 2.43. The minimum absolute atomic E-state index is 0.200. The first-order chi connectivity index (χ1) is 27.3. The van der Waals surface area contributed by atoms with E-state index in [2.05, 4.69) is 13.8 Å². The van der Waals surface area contributed by atoms with E-state index in [1.54, 1.807) is 0 Å². The van der Waals surface area contributed by atoms with E-state index >= 15 is 0 Å². The molecule has 0 aromatic carbocycles. The number of carbonyl (C=O) groups excluding carboxylic acids is 2. The van der Waals surface area contributed by atoms with Crippen LogP contribution in [0.5, 0.6) is 0 Å². The predicted octanol–water partition coefficient (Wildman–Crippen LogP) is 12.6. The Labute approximate surface area is 344 Å². The maximum Gasteiger partial charge on any atom is 0.472 e. The summed E-state index contributed by atoms with van der Waals surface area (Å²) in [7, 11) is -4.63. The van der Waals surface area contributed by atoms with E-state index in [4.69, 9.17) is 18.5 Å². The third-order valence-electron chi connectivity index (χ3n) is 10.6. The average Bonchev–Trinajstić information content (AvgIpc) is 3.19. The lowest BCUT2D eigenvalue weighted by Crippen LogP contribution is -2.28. The molecule has 0 fully saturated rings. The topological polar surface area (TPSA) is 149 Å². The third-order valence-corrected chi connectivity index (χ3v) is 11.5. The lowest BCUT2D eigenvalue weighted by Gasteiger charge is -2.20. The van der Waals surface area contributed by atoms with E-state index in [1.807, 2.05) is 0 Å². The van der Waals surface area contributed by atoms with Gasteiger partial charge in [-0.2, -0.15) is 0 Å². The van der Waals surface area contributed by atoms with Crippen LogP contribution in [0, 0.1) is 0 Å². The molecule has 3 N–H and O–H groups in total. The van der Waals surface area contributed by atoms with Crippen LogP contribution in [0.4, 0.5) is 0 Å². The molecule has 0 bridgehead atoms. The second kappa shape index (κ2) is 42.1. The van der Waals surface area contributed by atoms with Gasteiger partial charge in [0.1, 0.15) is 12.2 Å². The molecular formula is C45H89O10P. The van der Waals surface area contributed by atoms with Gasteiger partial charge in [0.2, 0.25) is 0 Å². The van der Waals surface area contributed by atoms with Crippen molar-refractivity contribution in [1.29, 1.82) is 0 Å². The number of phosphoric acid groups is 1. The number of unbranched alkanes of at least 4 members (excludes halogenated alkanes) is 31. The van der Waals surface area contributed by atoms with E-state index in [9.17, 15) is 29.3 Å². The zero-order chi connectivity index (χ0) is 41.2. The van der Waals surface area contributed by atoms with Gasteiger partial charge in [0.05, 0.1) is 26.4 Å². The summed E-state index contributed by atoms with van der Waals surface area (Å²) < 4.78 is 32.6. The third kappa shape index (κ3) is 39.8. The highest BCUT2D eigenvalue weighted by Gasteiger charge is 2.27. The number of aliphatic hydroxyl groups excluding tert-OH is 2. The molecule has 3 atom stereocenters. The Morgan fingerprint density at radius 1 is 0.411 bits per heavy atom. The normalized spacial score (nSPS) is 13.7. The lowest BCUT2D eigenvalue weighted by atomic mass is 10.0. The molecule has 0 rings (SSSR count). The standard InChI is InChI=1S/C45H89O10P/c1-3-5-7-9-11-13-15-17-19-20-21-23-25-27-29-31-33-35-37-45(49)55-43(39-47)41-53-56(50,51)52-40-42(38-46)54-44(48)36-34-32-30-28-26-24-22-18-16-14-12-10-8-6-4-2/h42-43,46-47H,3-41H2,1-2H3,(H,50,51). The summed E-state index contributed by atoms with van der Waals surface area (Å²) in [4.78, 5) is 34.6. The van der Waals surface area contributed by atoms with Crippen LogP contribution in [0.2, 0.25) is 0 Å². The van der Waals surface area contributed by atoms with Crippen LogP contribution in [0.1, 0.15) is 239 Å². The number of rotatable bonds is 45. The fraction of sp³-hybridized carbons (Fsp3) is 0.956. The quantitative estimate of drug-likeness (QED) is 0.0308. The van der Waals surface area contributed by atoms with Crippen molar-refractivity contribution < 1.29 is 47.8 Å². The number of hydrogen-bond acceptors (Lipinski definition) is 9. The molecule has 0 aliphatic rings. The number of hydrogen-bond donors (Lipinski definition) is 3. The Morgan fingerprint density at radius 2 is 0.625 bits per heavy atom. The Balaban J connectivity index is 3.84. The van der Waals surface area contributed by atoms with Gasteiger partial charge >= 0.3 is 19.8 Å². The molecule has 0 aromatic heterocycles. The van der Waals surface area contributed by atoms with Gasteiger partial charge in [-0.25, -0.2) is 4.57 Å². The van der Waals surface area contributed by atoms with Gasteiger partial charge in [0.15, 0.2) is 0 Å². The smallest absolute Gasteiger partial charge is 0.457 e. The molecular weight excluding hydrogens is 731 g/mol. The minimum atomic E-state index is -4.63. The van der Waals surface area contributed by atoms with Crippen molar-refractivity contribution in [2.45, 2.75) is 251 Å². The predicted molar refractivity (Wildman–Crippen MR) is 229 cm³/mol. The summed E-state index contributed by atoms with van der Waals surface area (Å²) in [5.41, 5.74) is 0. The first kappa shape index (κ1) is 55.0. The zero-order valence-corrected chi connectivity index (χ0v) is 37.3. The maximum absolute atomic E-state index is 12.4. The Morgan fingerprint density at radius 3 is 0.839 bits per heavy atom. The van der Waals surface area contributed by atoms with Crippen molar-refractivity contribution in [2.24, 2.45) is 0 Å². The fourth-order valence-corrected chi connectivity index (χ4v) is 7.73. The molecule has 11 heteroatoms. The van der Waals surface area contributed by atoms with E-state index in [0.29, 0.717) is 12.8 Å². The van der Waals surface area contributed by atoms with Gasteiger partial charge in [0, 0.05) is 12.8 Å². The molecule has 0 aliphatic heterocycles. The number of esters is 2. The molecule has 10 nitrogen and oxygen atoms in total. The average molecular weight is 821 g/mol. The Hall–Kier alpha value is -1.03. The van der Waals surface area contributed by atoms with E-state index in [1.165, 1.54) is 161 Å². The fourth-order valence-electron chi connectivity index (χ4n) is 6.94. The molecule has 334 valence electrons. The molecule has 56 heavy (non-hydrogen) atoms. The minimum Gasteiger partial charge on any atom is -0.457 e. The molecule has 0 heterocycles. The van der Waals surface area contributed by atoms with Crippen molar-refractivity contribution in [2.75, 3.05) is 26.4 Å². The summed E-state index contributed by atoms with van der Waals surface area (Å²) in [6.07, 6.45) is 39.3. The number of aliphatic hydroxyl groups is 2. The summed E-state index contributed by atoms with van der Waals surface area (Å²) >= 11 is 0. The van der Waals surface area contributed by atoms with Crippen LogP contribution in [0.15, 0.2) is 0 Å². The van der Waals surface area contributed by atoms with Gasteiger partial charge in [-0.3, -0.25) is 18.6 Å². The van der Waals surface area contributed by atoms with Crippen LogP contribution in [0.3, 0.4) is 0 Å². The van der Waals surface area contributed by atoms with Gasteiger partial charge in [-0.15, -0.1) is 0 Å². The number of ether oxygens (including phenoxy) is 2. The van der Waals surface area contributed by atoms with Crippen LogP contribution < -0.4 is 0 Å². The lowest BCUT2D eigenvalue weighted by molar-refractivity contribution is -0.153. The second-order valence-electron chi connectivity index (χ2n) is 16.1. The van der Waals surface area contributed by atoms with Gasteiger partial charge in [-0.1, -0.05) is 213 Å². The molecule has 0 aromatic rings. The maximum atomic E-state index is 12.4. The summed E-state index contributed by atoms with van der Waals surface area (Å²) in [5, 5.41) is 19.2. The Kier molecular flexibility index (Phi) is 41.3. The van der Waals surface area contributed by atoms with Gasteiger partial charge in [0.25, 0.3) is 0 Å². The molecule has 3 unspecified atom stereocenters. The molecule has 0 saturated carbocycles. The van der Waals surface area contributed by atoms with Crippen molar-refractivity contribution >= 4 is 19.8 Å². The molecule has 0 saturated heterocycles. The van der Waals surface area contributed by atoms with Gasteiger partial charge < -0.3 is 24.6 Å². The molecule has 0 spiro atoms. The Bertz CT molecular complexity index is 904. The summed E-state index contributed by atoms with van der Waals surface area (Å²) in [5.74, 6) is -1.00. The van der Waals surface area contributed by atoms with Crippen LogP contribution in [0.25, 0.3) is 0 Å². The van der Waals surface area contributed by atoms with Crippen molar-refractivity contribution in [3.05, 3.63) is 0 Å². The highest BCUT2D eigenvalue weighted by atomic mass is 31.2. The van der Waals surface area contributed by atoms with Crippen LogP contribution >= 0.6 is 7.82 Å². The first-order valence-corrected chi connectivity index (χ1v) is 25.0. The second-order valence-corrected chi connectivity index (χ2v) is 17.6. The molecule has 0 aliphatic carbocycles. The first-order valence-electron chi connectivity index (χ1n) is 23.5. The zero-order valence-electron chi connectivity index (χ0n) is 36.4. The van der Waals surface area contributed by atoms with Crippen LogP contribution in [-0.2, 0) is 32.7 Å². The SMILES string of the molecule is CCCCCCCCCCCCCCCCCCCCC(=O)OC(CO)COP(=O)(O)OCC(CO)OC(=O)CCCCCCCCCCCCCCCCC. The van der Waals surface area contributed by atoms with Crippen molar-refractivity contribution in [3.8, 4) is 0 Å². The number of carbonyl (C=O) groups is 2. The van der Waals surface area contributed by atoms with E-state index in [0.717, 1.165) is 38.5 Å². The number of phosphoric ester groups is 1. The van der Waals surface area contributed by atoms with Gasteiger partial charge in [-0.05, 0) is 12.8 Å². The van der Waals surface area contributed by atoms with Crippen molar-refractivity contribution in [1.82, 2.24) is 0 Å². The van der Waals surface area contributed by atoms with Crippen LogP contribution in [-0.4, -0.2) is 65.7 Å². The van der Waals surface area contributed by atoms with Crippen molar-refractivity contribution in [3.63, 3.8) is 0 Å². The van der Waals surface area contributed by atoms with E-state index in [-0.39, 0.29) is 12.8 Å². The molecule has 0 amide bonds. The monoisotopic (exact) mass is 821 g/mol. The van der Waals surface area contributed by atoms with E-state index < -0.39 is 58.4 Å². The summed E-state index contributed by atoms with van der Waals surface area (Å²) in [6.45, 7) is 2.26. The molecule has 0 radical (unpaired) electrons. The highest BCUT2D eigenvalue weighted by molar-refractivity contribution is 7.47. The summed E-state index contributed by atoms with van der Waals surface area (Å²) in [6, 6.07) is 0.